The molecule has 78 valence electrons. The van der Waals surface area contributed by atoms with E-state index in [4.69, 9.17) is 0 Å². The predicted molar refractivity (Wildman–Crippen MR) is 57.8 cm³/mol. The van der Waals surface area contributed by atoms with Crippen LogP contribution in [-0.4, -0.2) is 30.4 Å². The molecule has 0 aromatic heterocycles. The molecule has 2 atom stereocenters. The first kappa shape index (κ1) is 13.0. The number of nitrogens with one attached hydrogen (secondary N) is 1. The van der Waals surface area contributed by atoms with Crippen LogP contribution >= 0.6 is 18.0 Å². The van der Waals surface area contributed by atoms with Gasteiger partial charge in [-0.15, -0.1) is 0 Å². The number of rotatable bonds is 6. The van der Waals surface area contributed by atoms with Crippen LogP contribution in [0.1, 0.15) is 20.3 Å². The van der Waals surface area contributed by atoms with E-state index in [1.165, 1.54) is 23.1 Å². The van der Waals surface area contributed by atoms with Crippen molar-refractivity contribution in [2.45, 2.75) is 25.5 Å². The lowest BCUT2D eigenvalue weighted by molar-refractivity contribution is -0.113. The van der Waals surface area contributed by atoms with Crippen LogP contribution in [0.3, 0.4) is 0 Å². The molecule has 1 N–H and O–H groups in total. The molecule has 4 nitrogen and oxygen atoms in total. The lowest BCUT2D eigenvalue weighted by Crippen LogP contribution is -2.20. The minimum absolute atomic E-state index is 0.278. The molecule has 0 aliphatic heterocycles. The van der Waals surface area contributed by atoms with Gasteiger partial charge in [0.2, 0.25) is 6.41 Å². The van der Waals surface area contributed by atoms with Gasteiger partial charge < -0.3 is 0 Å². The zero-order valence-electron chi connectivity index (χ0n) is 8.48. The summed E-state index contributed by atoms with van der Waals surface area (Å²) in [5, 5.41) is 2.99. The smallest absolute Gasteiger partial charge is 0.279 e. The molecule has 0 heterocycles. The van der Waals surface area contributed by atoms with Gasteiger partial charge in [-0.3, -0.25) is 14.0 Å². The fraction of sp³-hybridized carbons (Fsp3) is 0.857. The van der Waals surface area contributed by atoms with E-state index in [1.807, 2.05) is 13.8 Å². The summed E-state index contributed by atoms with van der Waals surface area (Å²) in [6.07, 6.45) is 1.52. The van der Waals surface area contributed by atoms with Gasteiger partial charge in [0, 0.05) is 12.3 Å². The molecule has 0 aromatic carbocycles. The molecule has 0 aromatic rings. The van der Waals surface area contributed by atoms with Crippen molar-refractivity contribution in [1.29, 1.82) is 0 Å². The van der Waals surface area contributed by atoms with Gasteiger partial charge in [-0.05, 0) is 13.5 Å². The van der Waals surface area contributed by atoms with Crippen molar-refractivity contribution in [1.82, 2.24) is 9.76 Å². The molecule has 0 spiro atoms. The molecule has 0 fully saturated rings. The standard InChI is InChI=1S/C7H17N2O2PS/c1-5-7(2)13-12(11,8-3)9(4)6-10/h6-7H,5H2,1-4H3,(H,8,11). The second kappa shape index (κ2) is 5.68. The van der Waals surface area contributed by atoms with Crippen LogP contribution in [-0.2, 0) is 9.36 Å². The van der Waals surface area contributed by atoms with Crippen molar-refractivity contribution in [3.8, 4) is 0 Å². The van der Waals surface area contributed by atoms with E-state index < -0.39 is 6.65 Å². The Morgan fingerprint density at radius 2 is 2.23 bits per heavy atom. The Hall–Kier alpha value is 0.0100. The topological polar surface area (TPSA) is 49.4 Å². The summed E-state index contributed by atoms with van der Waals surface area (Å²) < 4.78 is 13.2. The second-order valence-electron chi connectivity index (χ2n) is 2.75. The molecule has 0 saturated carbocycles. The minimum atomic E-state index is -2.73. The molecule has 0 saturated heterocycles. The van der Waals surface area contributed by atoms with Gasteiger partial charge in [0.1, 0.15) is 0 Å². The highest BCUT2D eigenvalue weighted by molar-refractivity contribution is 8.57. The molecular weight excluding hydrogens is 207 g/mol. The Balaban J connectivity index is 4.45. The van der Waals surface area contributed by atoms with Gasteiger partial charge in [-0.1, -0.05) is 25.2 Å². The maximum atomic E-state index is 12.0. The van der Waals surface area contributed by atoms with E-state index in [0.717, 1.165) is 6.42 Å². The van der Waals surface area contributed by atoms with Gasteiger partial charge in [-0.2, -0.15) is 0 Å². The van der Waals surface area contributed by atoms with E-state index in [9.17, 15) is 9.36 Å². The quantitative estimate of drug-likeness (QED) is 0.553. The van der Waals surface area contributed by atoms with Crippen LogP contribution in [0.2, 0.25) is 0 Å². The predicted octanol–water partition coefficient (Wildman–Crippen LogP) is 1.93. The van der Waals surface area contributed by atoms with Crippen LogP contribution < -0.4 is 5.09 Å². The van der Waals surface area contributed by atoms with Crippen molar-refractivity contribution >= 4 is 24.4 Å². The monoisotopic (exact) mass is 224 g/mol. The minimum Gasteiger partial charge on any atom is -0.279 e. The summed E-state index contributed by atoms with van der Waals surface area (Å²) in [4.78, 5) is 10.5. The van der Waals surface area contributed by atoms with E-state index in [1.54, 1.807) is 7.05 Å². The first-order valence-electron chi connectivity index (χ1n) is 4.16. The van der Waals surface area contributed by atoms with E-state index >= 15 is 0 Å². The third kappa shape index (κ3) is 3.71. The molecule has 1 amide bonds. The van der Waals surface area contributed by atoms with Crippen molar-refractivity contribution in [2.24, 2.45) is 0 Å². The number of carbonyl (C=O) groups is 1. The van der Waals surface area contributed by atoms with Crippen LogP contribution in [0.5, 0.6) is 0 Å². The normalized spacial score (nSPS) is 17.5. The SMILES string of the molecule is CCC(C)SP(=O)(NC)N(C)C=O. The lowest BCUT2D eigenvalue weighted by atomic mass is 10.4. The fourth-order valence-corrected chi connectivity index (χ4v) is 4.78. The molecular formula is C7H17N2O2PS. The van der Waals surface area contributed by atoms with E-state index in [2.05, 4.69) is 5.09 Å². The molecule has 0 bridgehead atoms. The number of hydrogen-bond donors (Lipinski definition) is 1. The largest absolute Gasteiger partial charge is 0.294 e. The van der Waals surface area contributed by atoms with Crippen LogP contribution in [0.4, 0.5) is 0 Å². The molecule has 2 unspecified atom stereocenters. The summed E-state index contributed by atoms with van der Waals surface area (Å²) in [6, 6.07) is 0. The molecule has 0 aliphatic carbocycles. The highest BCUT2D eigenvalue weighted by atomic mass is 32.7. The zero-order chi connectivity index (χ0) is 10.5. The molecule has 0 rings (SSSR count). The Morgan fingerprint density at radius 3 is 2.54 bits per heavy atom. The second-order valence-corrected chi connectivity index (χ2v) is 8.00. The summed E-state index contributed by atoms with van der Waals surface area (Å²) in [5.41, 5.74) is 0. The summed E-state index contributed by atoms with van der Waals surface area (Å²) in [7, 11) is 3.13. The molecule has 0 radical (unpaired) electrons. The third-order valence-electron chi connectivity index (χ3n) is 1.75. The maximum absolute atomic E-state index is 12.0. The zero-order valence-corrected chi connectivity index (χ0v) is 10.2. The maximum Gasteiger partial charge on any atom is 0.294 e. The highest BCUT2D eigenvalue weighted by Gasteiger charge is 2.27. The van der Waals surface area contributed by atoms with Gasteiger partial charge in [0.15, 0.2) is 0 Å². The molecule has 6 heteroatoms. The van der Waals surface area contributed by atoms with Crippen LogP contribution in [0.15, 0.2) is 0 Å². The van der Waals surface area contributed by atoms with Gasteiger partial charge in [0.25, 0.3) is 6.65 Å². The highest BCUT2D eigenvalue weighted by Crippen LogP contribution is 2.58. The number of hydrogen-bond acceptors (Lipinski definition) is 3. The third-order valence-corrected chi connectivity index (χ3v) is 7.47. The van der Waals surface area contributed by atoms with E-state index in [0.29, 0.717) is 6.41 Å². The number of nitrogens with zero attached hydrogens (tertiary/aromatic N) is 1. The van der Waals surface area contributed by atoms with Gasteiger partial charge in [-0.25, -0.2) is 5.09 Å². The Kier molecular flexibility index (Phi) is 5.68. The average Bonchev–Trinajstić information content (AvgIpc) is 2.15. The van der Waals surface area contributed by atoms with E-state index in [-0.39, 0.29) is 5.25 Å². The summed E-state index contributed by atoms with van der Waals surface area (Å²) in [5.74, 6) is 0. The van der Waals surface area contributed by atoms with Crippen LogP contribution in [0, 0.1) is 0 Å². The van der Waals surface area contributed by atoms with Crippen molar-refractivity contribution in [2.75, 3.05) is 14.1 Å². The Morgan fingerprint density at radius 1 is 1.69 bits per heavy atom. The van der Waals surface area contributed by atoms with Crippen molar-refractivity contribution in [3.05, 3.63) is 0 Å². The van der Waals surface area contributed by atoms with Crippen molar-refractivity contribution < 1.29 is 9.36 Å². The number of amides is 1. The average molecular weight is 224 g/mol. The molecule has 13 heavy (non-hydrogen) atoms. The summed E-state index contributed by atoms with van der Waals surface area (Å²) >= 11 is 1.32. The van der Waals surface area contributed by atoms with Crippen molar-refractivity contribution in [3.63, 3.8) is 0 Å². The fourth-order valence-electron chi connectivity index (χ4n) is 0.665. The van der Waals surface area contributed by atoms with Gasteiger partial charge in [0.05, 0.1) is 0 Å². The lowest BCUT2D eigenvalue weighted by Gasteiger charge is -2.25. The Labute approximate surface area is 83.7 Å². The van der Waals surface area contributed by atoms with Crippen LogP contribution in [0.25, 0.3) is 0 Å². The Bertz CT molecular complexity index is 213. The first-order valence-corrected chi connectivity index (χ1v) is 7.30. The number of carbonyl (C=O) groups excluding carboxylic acids is 1. The first-order chi connectivity index (χ1) is 6.00. The summed E-state index contributed by atoms with van der Waals surface area (Å²) in [6.45, 7) is 1.29. The molecule has 0 aliphatic rings. The van der Waals surface area contributed by atoms with Gasteiger partial charge >= 0.3 is 0 Å².